The van der Waals surface area contributed by atoms with Crippen molar-refractivity contribution in [2.75, 3.05) is 5.32 Å². The predicted octanol–water partition coefficient (Wildman–Crippen LogP) is 4.62. The number of carbonyl (C=O) groups is 1. The van der Waals surface area contributed by atoms with Gasteiger partial charge in [-0.25, -0.2) is 4.98 Å². The molecular weight excluding hydrogens is 358 g/mol. The van der Waals surface area contributed by atoms with E-state index in [9.17, 15) is 4.79 Å². The van der Waals surface area contributed by atoms with Gasteiger partial charge in [0.2, 0.25) is 5.89 Å². The lowest BCUT2D eigenvalue weighted by Crippen LogP contribution is -2.34. The summed E-state index contributed by atoms with van der Waals surface area (Å²) in [5, 5.41) is 5.91. The number of thiocarbonyl (C=S) groups is 1. The smallest absolute Gasteiger partial charge is 0.257 e. The minimum Gasteiger partial charge on any atom is -0.436 e. The van der Waals surface area contributed by atoms with Crippen LogP contribution in [0.5, 0.6) is 0 Å². The quantitative estimate of drug-likeness (QED) is 0.513. The molecule has 0 aliphatic carbocycles. The number of aromatic nitrogens is 1. The number of para-hydroxylation sites is 2. The van der Waals surface area contributed by atoms with Gasteiger partial charge in [-0.1, -0.05) is 36.4 Å². The first kappa shape index (κ1) is 16.9. The summed E-state index contributed by atoms with van der Waals surface area (Å²) in [6.07, 6.45) is 0. The summed E-state index contributed by atoms with van der Waals surface area (Å²) in [6.45, 7) is 0. The van der Waals surface area contributed by atoms with E-state index >= 15 is 0 Å². The largest absolute Gasteiger partial charge is 0.436 e. The van der Waals surface area contributed by atoms with Gasteiger partial charge in [0, 0.05) is 16.8 Å². The lowest BCUT2D eigenvalue weighted by Gasteiger charge is -2.10. The van der Waals surface area contributed by atoms with Gasteiger partial charge in [0.15, 0.2) is 10.7 Å². The van der Waals surface area contributed by atoms with Gasteiger partial charge in [0.25, 0.3) is 5.91 Å². The Morgan fingerprint density at radius 1 is 0.926 bits per heavy atom. The molecule has 3 aromatic carbocycles. The van der Waals surface area contributed by atoms with Crippen LogP contribution in [-0.2, 0) is 0 Å². The molecule has 2 N–H and O–H groups in total. The van der Waals surface area contributed by atoms with Crippen molar-refractivity contribution in [1.82, 2.24) is 10.3 Å². The fraction of sp³-hybridized carbons (Fsp3) is 0. The van der Waals surface area contributed by atoms with Crippen LogP contribution in [0.1, 0.15) is 10.4 Å². The van der Waals surface area contributed by atoms with Gasteiger partial charge in [-0.2, -0.15) is 0 Å². The van der Waals surface area contributed by atoms with E-state index in [1.54, 1.807) is 24.3 Å². The summed E-state index contributed by atoms with van der Waals surface area (Å²) in [5.41, 5.74) is 3.62. The molecule has 0 bridgehead atoms. The molecule has 1 aromatic heterocycles. The number of anilines is 1. The first-order chi connectivity index (χ1) is 13.2. The molecule has 0 saturated heterocycles. The second-order valence-corrected chi connectivity index (χ2v) is 6.25. The Labute approximate surface area is 161 Å². The number of fused-ring (bicyclic) bond motifs is 1. The molecule has 0 aliphatic rings. The van der Waals surface area contributed by atoms with Crippen LogP contribution in [0.2, 0.25) is 0 Å². The molecule has 0 aliphatic heterocycles. The van der Waals surface area contributed by atoms with E-state index in [0.29, 0.717) is 11.5 Å². The number of oxazole rings is 1. The zero-order chi connectivity index (χ0) is 18.6. The number of hydrogen-bond acceptors (Lipinski definition) is 4. The van der Waals surface area contributed by atoms with E-state index in [2.05, 4.69) is 15.6 Å². The number of nitrogens with one attached hydrogen (secondary N) is 2. The molecule has 5 nitrogen and oxygen atoms in total. The Morgan fingerprint density at radius 3 is 2.52 bits per heavy atom. The van der Waals surface area contributed by atoms with Crippen molar-refractivity contribution in [2.45, 2.75) is 0 Å². The molecule has 0 unspecified atom stereocenters. The van der Waals surface area contributed by atoms with E-state index in [0.717, 1.165) is 22.4 Å². The topological polar surface area (TPSA) is 67.2 Å². The zero-order valence-electron chi connectivity index (χ0n) is 14.2. The molecule has 1 amide bonds. The highest BCUT2D eigenvalue weighted by Gasteiger charge is 2.10. The standard InChI is InChI=1S/C21H15N3O2S/c25-19(14-7-2-1-3-8-14)24-21(27)22-16-10-6-9-15(13-16)20-23-17-11-4-5-12-18(17)26-20/h1-13H,(H2,22,24,25,27). The average molecular weight is 373 g/mol. The third-order valence-corrected chi connectivity index (χ3v) is 4.13. The second-order valence-electron chi connectivity index (χ2n) is 5.84. The minimum absolute atomic E-state index is 0.221. The third kappa shape index (κ3) is 3.86. The zero-order valence-corrected chi connectivity index (χ0v) is 15.0. The highest BCUT2D eigenvalue weighted by Crippen LogP contribution is 2.26. The fourth-order valence-corrected chi connectivity index (χ4v) is 2.86. The lowest BCUT2D eigenvalue weighted by atomic mass is 10.2. The molecule has 0 atom stereocenters. The summed E-state index contributed by atoms with van der Waals surface area (Å²) < 4.78 is 5.79. The molecule has 1 heterocycles. The Bertz CT molecular complexity index is 1090. The number of carbonyl (C=O) groups excluding carboxylic acids is 1. The summed E-state index contributed by atoms with van der Waals surface area (Å²) in [5.74, 6) is 0.266. The Kier molecular flexibility index (Phi) is 4.63. The van der Waals surface area contributed by atoms with Crippen LogP contribution >= 0.6 is 12.2 Å². The first-order valence-electron chi connectivity index (χ1n) is 8.32. The van der Waals surface area contributed by atoms with Crippen molar-refractivity contribution >= 4 is 40.0 Å². The molecule has 0 radical (unpaired) electrons. The fourth-order valence-electron chi connectivity index (χ4n) is 2.65. The third-order valence-electron chi connectivity index (χ3n) is 3.92. The van der Waals surface area contributed by atoms with Crippen molar-refractivity contribution in [1.29, 1.82) is 0 Å². The van der Waals surface area contributed by atoms with Gasteiger partial charge >= 0.3 is 0 Å². The van der Waals surface area contributed by atoms with Crippen LogP contribution in [0.4, 0.5) is 5.69 Å². The second kappa shape index (κ2) is 7.39. The minimum atomic E-state index is -0.261. The predicted molar refractivity (Wildman–Crippen MR) is 110 cm³/mol. The van der Waals surface area contributed by atoms with E-state index in [1.807, 2.05) is 54.6 Å². The van der Waals surface area contributed by atoms with Crippen molar-refractivity contribution in [3.8, 4) is 11.5 Å². The Morgan fingerprint density at radius 2 is 1.70 bits per heavy atom. The molecule has 0 spiro atoms. The first-order valence-corrected chi connectivity index (χ1v) is 8.73. The maximum Gasteiger partial charge on any atom is 0.257 e. The molecule has 0 saturated carbocycles. The van der Waals surface area contributed by atoms with Crippen molar-refractivity contribution in [3.05, 3.63) is 84.4 Å². The van der Waals surface area contributed by atoms with Crippen molar-refractivity contribution in [2.24, 2.45) is 0 Å². The summed E-state index contributed by atoms with van der Waals surface area (Å²) in [6, 6.07) is 24.0. The van der Waals surface area contributed by atoms with Gasteiger partial charge in [-0.05, 0) is 54.7 Å². The SMILES string of the molecule is O=C(NC(=S)Nc1cccc(-c2nc3ccccc3o2)c1)c1ccccc1. The maximum absolute atomic E-state index is 12.2. The molecule has 0 fully saturated rings. The van der Waals surface area contributed by atoms with Crippen LogP contribution in [0.3, 0.4) is 0 Å². The summed E-state index contributed by atoms with van der Waals surface area (Å²) >= 11 is 5.24. The average Bonchev–Trinajstić information content (AvgIpc) is 3.13. The van der Waals surface area contributed by atoms with Gasteiger partial charge < -0.3 is 9.73 Å². The van der Waals surface area contributed by atoms with Gasteiger partial charge in [0.1, 0.15) is 5.52 Å². The van der Waals surface area contributed by atoms with Gasteiger partial charge in [-0.3, -0.25) is 10.1 Å². The summed E-state index contributed by atoms with van der Waals surface area (Å²) in [4.78, 5) is 16.7. The van der Waals surface area contributed by atoms with E-state index in [-0.39, 0.29) is 11.0 Å². The number of amides is 1. The monoisotopic (exact) mass is 373 g/mol. The van der Waals surface area contributed by atoms with E-state index < -0.39 is 0 Å². The maximum atomic E-state index is 12.2. The molecule has 4 aromatic rings. The van der Waals surface area contributed by atoms with Crippen molar-refractivity contribution < 1.29 is 9.21 Å². The van der Waals surface area contributed by atoms with Crippen LogP contribution in [0.15, 0.2) is 83.3 Å². The van der Waals surface area contributed by atoms with Gasteiger partial charge in [0.05, 0.1) is 0 Å². The van der Waals surface area contributed by atoms with E-state index in [4.69, 9.17) is 16.6 Å². The van der Waals surface area contributed by atoms with Crippen molar-refractivity contribution in [3.63, 3.8) is 0 Å². The molecule has 6 heteroatoms. The highest BCUT2D eigenvalue weighted by molar-refractivity contribution is 7.80. The summed E-state index contributed by atoms with van der Waals surface area (Å²) in [7, 11) is 0. The number of rotatable bonds is 3. The molecular formula is C21H15N3O2S. The molecule has 132 valence electrons. The van der Waals surface area contributed by atoms with Crippen LogP contribution in [0.25, 0.3) is 22.6 Å². The molecule has 27 heavy (non-hydrogen) atoms. The highest BCUT2D eigenvalue weighted by atomic mass is 32.1. The number of hydrogen-bond donors (Lipinski definition) is 2. The number of nitrogens with zero attached hydrogens (tertiary/aromatic N) is 1. The van der Waals surface area contributed by atoms with Crippen LogP contribution in [0, 0.1) is 0 Å². The van der Waals surface area contributed by atoms with E-state index in [1.165, 1.54) is 0 Å². The van der Waals surface area contributed by atoms with Gasteiger partial charge in [-0.15, -0.1) is 0 Å². The van der Waals surface area contributed by atoms with Crippen LogP contribution < -0.4 is 10.6 Å². The normalized spacial score (nSPS) is 10.5. The molecule has 4 rings (SSSR count). The number of benzene rings is 3. The Hall–Kier alpha value is -3.51. The van der Waals surface area contributed by atoms with Crippen LogP contribution in [-0.4, -0.2) is 16.0 Å². The Balaban J connectivity index is 1.49. The lowest BCUT2D eigenvalue weighted by molar-refractivity contribution is 0.0977.